The lowest BCUT2D eigenvalue weighted by molar-refractivity contribution is -0.122. The molecule has 3 aromatic rings. The Balaban J connectivity index is 1.51. The molecule has 1 amide bonds. The summed E-state index contributed by atoms with van der Waals surface area (Å²) in [6, 6.07) is 12.8. The van der Waals surface area contributed by atoms with E-state index in [0.717, 1.165) is 25.7 Å². The van der Waals surface area contributed by atoms with Crippen molar-refractivity contribution in [3.05, 3.63) is 53.6 Å². The van der Waals surface area contributed by atoms with Crippen LogP contribution < -0.4 is 10.0 Å². The summed E-state index contributed by atoms with van der Waals surface area (Å²) >= 11 is 5.84. The number of amides is 1. The highest BCUT2D eigenvalue weighted by molar-refractivity contribution is 7.92. The van der Waals surface area contributed by atoms with Gasteiger partial charge in [-0.3, -0.25) is 9.52 Å². The first kappa shape index (κ1) is 21.3. The van der Waals surface area contributed by atoms with Gasteiger partial charge in [0.05, 0.1) is 10.6 Å². The summed E-state index contributed by atoms with van der Waals surface area (Å²) in [5, 5.41) is 15.6. The van der Waals surface area contributed by atoms with Crippen LogP contribution in [0, 0.1) is 0 Å². The molecule has 4 rings (SSSR count). The van der Waals surface area contributed by atoms with Gasteiger partial charge in [0.15, 0.2) is 0 Å². The molecular formula is C20H21ClN6O3S. The van der Waals surface area contributed by atoms with E-state index in [4.69, 9.17) is 11.6 Å². The Morgan fingerprint density at radius 3 is 2.55 bits per heavy atom. The quantitative estimate of drug-likeness (QED) is 0.559. The van der Waals surface area contributed by atoms with Crippen LogP contribution in [0.2, 0.25) is 5.02 Å². The summed E-state index contributed by atoms with van der Waals surface area (Å²) in [4.78, 5) is 13.5. The summed E-state index contributed by atoms with van der Waals surface area (Å²) in [6.07, 6.45) is 4.23. The number of carbonyl (C=O) groups is 1. The average molecular weight is 461 g/mol. The van der Waals surface area contributed by atoms with Gasteiger partial charge in [-0.05, 0) is 54.5 Å². The molecule has 0 saturated heterocycles. The number of aromatic nitrogens is 4. The van der Waals surface area contributed by atoms with Crippen LogP contribution in [0.5, 0.6) is 0 Å². The molecule has 1 aromatic heterocycles. The Hall–Kier alpha value is -2.98. The molecule has 1 heterocycles. The fourth-order valence-corrected chi connectivity index (χ4v) is 4.68. The van der Waals surface area contributed by atoms with Gasteiger partial charge in [-0.2, -0.15) is 4.80 Å². The van der Waals surface area contributed by atoms with Gasteiger partial charge >= 0.3 is 0 Å². The molecule has 0 aliphatic heterocycles. The molecule has 9 nitrogen and oxygen atoms in total. The van der Waals surface area contributed by atoms with Crippen molar-refractivity contribution in [3.8, 4) is 11.4 Å². The molecule has 2 N–H and O–H groups in total. The third-order valence-corrected chi connectivity index (χ3v) is 6.63. The molecule has 162 valence electrons. The van der Waals surface area contributed by atoms with Crippen LogP contribution in [0.3, 0.4) is 0 Å². The second-order valence-corrected chi connectivity index (χ2v) is 9.42. The van der Waals surface area contributed by atoms with Crippen LogP contribution in [0.25, 0.3) is 11.4 Å². The topological polar surface area (TPSA) is 119 Å². The molecular weight excluding hydrogens is 440 g/mol. The maximum Gasteiger partial charge on any atom is 0.261 e. The Labute approximate surface area is 184 Å². The molecule has 11 heteroatoms. The lowest BCUT2D eigenvalue weighted by Gasteiger charge is -2.11. The number of sulfonamides is 1. The van der Waals surface area contributed by atoms with Crippen molar-refractivity contribution in [1.29, 1.82) is 0 Å². The van der Waals surface area contributed by atoms with Crippen molar-refractivity contribution in [1.82, 2.24) is 25.5 Å². The largest absolute Gasteiger partial charge is 0.352 e. The number of halogens is 1. The first-order valence-electron chi connectivity index (χ1n) is 9.86. The maximum absolute atomic E-state index is 12.7. The molecule has 1 saturated carbocycles. The van der Waals surface area contributed by atoms with Gasteiger partial charge in [0.25, 0.3) is 10.0 Å². The highest BCUT2D eigenvalue weighted by atomic mass is 35.5. The predicted octanol–water partition coefficient (Wildman–Crippen LogP) is 2.85. The van der Waals surface area contributed by atoms with E-state index in [2.05, 4.69) is 25.4 Å². The molecule has 31 heavy (non-hydrogen) atoms. The summed E-state index contributed by atoms with van der Waals surface area (Å²) < 4.78 is 28.0. The number of rotatable bonds is 7. The van der Waals surface area contributed by atoms with Gasteiger partial charge in [0, 0.05) is 16.6 Å². The molecule has 0 radical (unpaired) electrons. The Bertz CT molecular complexity index is 1170. The highest BCUT2D eigenvalue weighted by Gasteiger charge is 2.20. The Morgan fingerprint density at radius 1 is 1.10 bits per heavy atom. The highest BCUT2D eigenvalue weighted by Crippen LogP contribution is 2.27. The number of carbonyl (C=O) groups excluding carboxylic acids is 1. The van der Waals surface area contributed by atoms with Crippen LogP contribution in [0.15, 0.2) is 53.4 Å². The number of nitrogens with one attached hydrogen (secondary N) is 2. The molecule has 1 aliphatic carbocycles. The molecule has 0 atom stereocenters. The monoisotopic (exact) mass is 460 g/mol. The van der Waals surface area contributed by atoms with E-state index < -0.39 is 10.0 Å². The zero-order chi connectivity index (χ0) is 21.8. The predicted molar refractivity (Wildman–Crippen MR) is 116 cm³/mol. The number of nitrogens with zero attached hydrogens (tertiary/aromatic N) is 4. The van der Waals surface area contributed by atoms with E-state index in [1.807, 2.05) is 0 Å². The van der Waals surface area contributed by atoms with Crippen molar-refractivity contribution in [2.24, 2.45) is 0 Å². The number of hydrogen-bond donors (Lipinski definition) is 2. The molecule has 0 unspecified atom stereocenters. The zero-order valence-electron chi connectivity index (χ0n) is 16.5. The minimum Gasteiger partial charge on any atom is -0.352 e. The molecule has 0 bridgehead atoms. The van der Waals surface area contributed by atoms with Gasteiger partial charge in [-0.15, -0.1) is 10.2 Å². The number of para-hydroxylation sites is 1. The molecule has 1 fully saturated rings. The van der Waals surface area contributed by atoms with E-state index in [9.17, 15) is 13.2 Å². The SMILES string of the molecule is O=C(Cn1nnc(-c2ccccc2NS(=O)(=O)c2ccc(Cl)cc2)n1)NC1CCCC1. The van der Waals surface area contributed by atoms with E-state index in [0.29, 0.717) is 16.3 Å². The third kappa shape index (κ3) is 5.20. The van der Waals surface area contributed by atoms with Gasteiger partial charge in [-0.25, -0.2) is 8.42 Å². The molecule has 0 spiro atoms. The van der Waals surface area contributed by atoms with Gasteiger partial charge in [0.2, 0.25) is 11.7 Å². The minimum absolute atomic E-state index is 0.0534. The van der Waals surface area contributed by atoms with Crippen molar-refractivity contribution in [2.75, 3.05) is 4.72 Å². The zero-order valence-corrected chi connectivity index (χ0v) is 18.1. The average Bonchev–Trinajstić information content (AvgIpc) is 3.41. The lowest BCUT2D eigenvalue weighted by atomic mass is 10.2. The summed E-state index contributed by atoms with van der Waals surface area (Å²) in [5.41, 5.74) is 0.745. The van der Waals surface area contributed by atoms with E-state index in [1.165, 1.54) is 29.1 Å². The third-order valence-electron chi connectivity index (χ3n) is 4.99. The second-order valence-electron chi connectivity index (χ2n) is 7.30. The van der Waals surface area contributed by atoms with Gasteiger partial charge < -0.3 is 5.32 Å². The molecule has 1 aliphatic rings. The van der Waals surface area contributed by atoms with Crippen molar-refractivity contribution < 1.29 is 13.2 Å². The van der Waals surface area contributed by atoms with Gasteiger partial charge in [-0.1, -0.05) is 36.6 Å². The van der Waals surface area contributed by atoms with Crippen LogP contribution in [0.1, 0.15) is 25.7 Å². The fraction of sp³-hybridized carbons (Fsp3) is 0.300. The van der Waals surface area contributed by atoms with E-state index >= 15 is 0 Å². The first-order chi connectivity index (χ1) is 14.9. The van der Waals surface area contributed by atoms with E-state index in [-0.39, 0.29) is 29.2 Å². The Kier molecular flexibility index (Phi) is 6.19. The number of benzene rings is 2. The van der Waals surface area contributed by atoms with Gasteiger partial charge in [0.1, 0.15) is 6.54 Å². The summed E-state index contributed by atoms with van der Waals surface area (Å²) in [5.74, 6) is 0.0376. The van der Waals surface area contributed by atoms with Crippen molar-refractivity contribution in [2.45, 2.75) is 43.2 Å². The van der Waals surface area contributed by atoms with Crippen molar-refractivity contribution >= 4 is 33.2 Å². The van der Waals surface area contributed by atoms with Crippen LogP contribution in [-0.4, -0.2) is 40.6 Å². The van der Waals surface area contributed by atoms with Crippen molar-refractivity contribution in [3.63, 3.8) is 0 Å². The number of anilines is 1. The Morgan fingerprint density at radius 2 is 1.81 bits per heavy atom. The fourth-order valence-electron chi connectivity index (χ4n) is 3.47. The van der Waals surface area contributed by atoms with Crippen LogP contribution >= 0.6 is 11.6 Å². The number of hydrogen-bond acceptors (Lipinski definition) is 6. The normalized spacial score (nSPS) is 14.5. The smallest absolute Gasteiger partial charge is 0.261 e. The first-order valence-corrected chi connectivity index (χ1v) is 11.7. The standard InChI is InChI=1S/C20H21ClN6O3S/c21-14-9-11-16(12-10-14)31(29,30)25-18-8-4-3-7-17(18)20-23-26-27(24-20)13-19(28)22-15-5-1-2-6-15/h3-4,7-12,15,25H,1-2,5-6,13H2,(H,22,28). The number of tetrazole rings is 1. The summed E-state index contributed by atoms with van der Waals surface area (Å²) in [6.45, 7) is -0.0534. The van der Waals surface area contributed by atoms with Crippen LogP contribution in [-0.2, 0) is 21.4 Å². The lowest BCUT2D eigenvalue weighted by Crippen LogP contribution is -2.35. The molecule has 2 aromatic carbocycles. The van der Waals surface area contributed by atoms with E-state index in [1.54, 1.807) is 24.3 Å². The van der Waals surface area contributed by atoms with Crippen LogP contribution in [0.4, 0.5) is 5.69 Å². The second kappa shape index (κ2) is 9.03. The minimum atomic E-state index is -3.84. The summed E-state index contributed by atoms with van der Waals surface area (Å²) in [7, 11) is -3.84. The maximum atomic E-state index is 12.7.